The van der Waals surface area contributed by atoms with Gasteiger partial charge in [0.1, 0.15) is 17.2 Å². The van der Waals surface area contributed by atoms with Crippen LogP contribution in [0.4, 0.5) is 4.39 Å². The first kappa shape index (κ1) is 25.9. The molecule has 3 aliphatic carbocycles. The molecule has 3 aromatic heterocycles. The SMILES string of the molecule is CC(=O)C12CCC(CNC(=O)c3cc(C(=O)NCc4ccc5oc(=O)n(C)c5c4)nc4c(F)cnn34)(CC1)CC2. The fourth-order valence-electron chi connectivity index (χ4n) is 6.18. The quantitative estimate of drug-likeness (QED) is 0.362. The number of aromatic nitrogens is 4. The Kier molecular flexibility index (Phi) is 6.08. The molecule has 3 saturated carbocycles. The van der Waals surface area contributed by atoms with Crippen molar-refractivity contribution in [3.8, 4) is 0 Å². The highest BCUT2D eigenvalue weighted by Gasteiger charge is 2.50. The monoisotopic (exact) mass is 548 g/mol. The second kappa shape index (κ2) is 9.39. The van der Waals surface area contributed by atoms with Gasteiger partial charge >= 0.3 is 5.76 Å². The molecule has 7 rings (SSSR count). The number of oxazole rings is 1. The molecule has 0 saturated heterocycles. The number of benzene rings is 1. The Labute approximate surface area is 227 Å². The van der Waals surface area contributed by atoms with Crippen molar-refractivity contribution >= 4 is 34.3 Å². The molecular formula is C28H29FN6O5. The number of ketones is 1. The molecule has 3 fully saturated rings. The van der Waals surface area contributed by atoms with Crippen molar-refractivity contribution in [3.63, 3.8) is 0 Å². The second-order valence-corrected chi connectivity index (χ2v) is 11.2. The minimum Gasteiger partial charge on any atom is -0.408 e. The first-order valence-corrected chi connectivity index (χ1v) is 13.3. The highest BCUT2D eigenvalue weighted by atomic mass is 19.1. The molecule has 4 aromatic rings. The van der Waals surface area contributed by atoms with Crippen LogP contribution in [0.25, 0.3) is 16.7 Å². The van der Waals surface area contributed by atoms with Crippen LogP contribution in [-0.2, 0) is 18.4 Å². The summed E-state index contributed by atoms with van der Waals surface area (Å²) in [6, 6.07) is 6.38. The number of fused-ring (bicyclic) bond motifs is 5. The van der Waals surface area contributed by atoms with Gasteiger partial charge in [-0.25, -0.2) is 18.7 Å². The van der Waals surface area contributed by atoms with Gasteiger partial charge in [-0.1, -0.05) is 6.07 Å². The molecule has 0 unspecified atom stereocenters. The maximum absolute atomic E-state index is 14.5. The van der Waals surface area contributed by atoms with Crippen LogP contribution in [0, 0.1) is 16.6 Å². The van der Waals surface area contributed by atoms with Gasteiger partial charge < -0.3 is 15.1 Å². The molecule has 0 spiro atoms. The van der Waals surface area contributed by atoms with E-state index in [-0.39, 0.29) is 40.2 Å². The number of carbonyl (C=O) groups is 3. The van der Waals surface area contributed by atoms with E-state index in [0.717, 1.165) is 49.2 Å². The van der Waals surface area contributed by atoms with Gasteiger partial charge in [0.05, 0.1) is 11.7 Å². The van der Waals surface area contributed by atoms with Gasteiger partial charge in [0.15, 0.2) is 17.0 Å². The molecule has 2 amide bonds. The van der Waals surface area contributed by atoms with Crippen LogP contribution in [0.15, 0.2) is 39.7 Å². The molecule has 3 aliphatic rings. The van der Waals surface area contributed by atoms with Gasteiger partial charge in [-0.2, -0.15) is 5.10 Å². The first-order valence-electron chi connectivity index (χ1n) is 13.3. The predicted molar refractivity (Wildman–Crippen MR) is 141 cm³/mol. The number of aryl methyl sites for hydroxylation is 1. The number of amides is 2. The summed E-state index contributed by atoms with van der Waals surface area (Å²) in [5.41, 5.74) is 1.07. The molecular weight excluding hydrogens is 519 g/mol. The number of hydrogen-bond donors (Lipinski definition) is 2. The average molecular weight is 549 g/mol. The maximum atomic E-state index is 14.5. The molecule has 0 aliphatic heterocycles. The molecule has 0 atom stereocenters. The van der Waals surface area contributed by atoms with E-state index in [1.54, 1.807) is 32.2 Å². The summed E-state index contributed by atoms with van der Waals surface area (Å²) in [7, 11) is 1.59. The van der Waals surface area contributed by atoms with E-state index in [9.17, 15) is 23.6 Å². The molecule has 2 bridgehead atoms. The van der Waals surface area contributed by atoms with Crippen molar-refractivity contribution in [1.29, 1.82) is 0 Å². The van der Waals surface area contributed by atoms with E-state index in [1.807, 2.05) is 0 Å². The number of rotatable bonds is 7. The Morgan fingerprint density at radius 3 is 2.48 bits per heavy atom. The van der Waals surface area contributed by atoms with E-state index in [1.165, 1.54) is 10.6 Å². The lowest BCUT2D eigenvalue weighted by atomic mass is 9.52. The van der Waals surface area contributed by atoms with Crippen LogP contribution >= 0.6 is 0 Å². The minimum atomic E-state index is -0.756. The molecule has 2 N–H and O–H groups in total. The molecule has 1 aromatic carbocycles. The Morgan fingerprint density at radius 2 is 1.77 bits per heavy atom. The summed E-state index contributed by atoms with van der Waals surface area (Å²) in [5, 5.41) is 9.66. The van der Waals surface area contributed by atoms with E-state index in [0.29, 0.717) is 23.2 Å². The number of nitrogens with zero attached hydrogens (tertiary/aromatic N) is 4. The third-order valence-corrected chi connectivity index (χ3v) is 8.98. The number of Topliss-reactive ketones (excluding diaryl/α,β-unsaturated/α-hetero) is 1. The standard InChI is InChI=1S/C28H29FN6O5/c1-16(36)28-8-5-27(6-9-28,7-10-28)15-31-25(38)21-12-19(33-23-18(29)14-32-35(21)23)24(37)30-13-17-3-4-22-20(11-17)34(2)26(39)40-22/h3-4,11-12,14H,5-10,13,15H2,1-2H3,(H,30,37)(H,31,38). The third kappa shape index (κ3) is 4.27. The lowest BCUT2D eigenvalue weighted by Crippen LogP contribution is -2.49. The molecule has 3 heterocycles. The zero-order valence-electron chi connectivity index (χ0n) is 22.3. The molecule has 208 valence electrons. The predicted octanol–water partition coefficient (Wildman–Crippen LogP) is 2.90. The summed E-state index contributed by atoms with van der Waals surface area (Å²) < 4.78 is 22.1. The maximum Gasteiger partial charge on any atom is 0.419 e. The first-order chi connectivity index (χ1) is 19.1. The van der Waals surface area contributed by atoms with Gasteiger partial charge in [-0.15, -0.1) is 0 Å². The Morgan fingerprint density at radius 1 is 1.05 bits per heavy atom. The zero-order valence-corrected chi connectivity index (χ0v) is 22.3. The second-order valence-electron chi connectivity index (χ2n) is 11.2. The van der Waals surface area contributed by atoms with Crippen LogP contribution in [0.1, 0.15) is 72.0 Å². The fourth-order valence-corrected chi connectivity index (χ4v) is 6.18. The van der Waals surface area contributed by atoms with E-state index in [4.69, 9.17) is 4.42 Å². The van der Waals surface area contributed by atoms with Gasteiger partial charge in [-0.05, 0) is 68.6 Å². The Hall–Kier alpha value is -4.35. The van der Waals surface area contributed by atoms with Crippen LogP contribution in [0.5, 0.6) is 0 Å². The number of hydrogen-bond acceptors (Lipinski definition) is 7. The van der Waals surface area contributed by atoms with Crippen LogP contribution in [0.2, 0.25) is 0 Å². The van der Waals surface area contributed by atoms with Crippen molar-refractivity contribution in [1.82, 2.24) is 29.8 Å². The third-order valence-electron chi connectivity index (χ3n) is 8.98. The van der Waals surface area contributed by atoms with Crippen molar-refractivity contribution in [2.75, 3.05) is 6.54 Å². The Bertz CT molecular complexity index is 1730. The van der Waals surface area contributed by atoms with Crippen molar-refractivity contribution < 1.29 is 23.2 Å². The highest BCUT2D eigenvalue weighted by molar-refractivity contribution is 5.98. The molecule has 12 heteroatoms. The van der Waals surface area contributed by atoms with Gasteiger partial charge in [-0.3, -0.25) is 19.0 Å². The topological polar surface area (TPSA) is 141 Å². The summed E-state index contributed by atoms with van der Waals surface area (Å²) in [5.74, 6) is -2.08. The highest BCUT2D eigenvalue weighted by Crippen LogP contribution is 2.56. The van der Waals surface area contributed by atoms with Crippen molar-refractivity contribution in [2.24, 2.45) is 17.9 Å². The molecule has 0 radical (unpaired) electrons. The van der Waals surface area contributed by atoms with Crippen molar-refractivity contribution in [2.45, 2.75) is 52.0 Å². The number of nitrogens with one attached hydrogen (secondary N) is 2. The van der Waals surface area contributed by atoms with Crippen LogP contribution in [-0.4, -0.2) is 43.3 Å². The van der Waals surface area contributed by atoms with Crippen LogP contribution in [0.3, 0.4) is 0 Å². The van der Waals surface area contributed by atoms with E-state index < -0.39 is 23.4 Å². The van der Waals surface area contributed by atoms with Gasteiger partial charge in [0, 0.05) is 31.6 Å². The van der Waals surface area contributed by atoms with Gasteiger partial charge in [0.2, 0.25) is 0 Å². The molecule has 40 heavy (non-hydrogen) atoms. The summed E-state index contributed by atoms with van der Waals surface area (Å²) in [6.07, 6.45) is 6.03. The van der Waals surface area contributed by atoms with Crippen molar-refractivity contribution in [3.05, 3.63) is 63.8 Å². The lowest BCUT2D eigenvalue weighted by Gasteiger charge is -2.52. The average Bonchev–Trinajstić information content (AvgIpc) is 3.48. The van der Waals surface area contributed by atoms with Gasteiger partial charge in [0.25, 0.3) is 11.8 Å². The van der Waals surface area contributed by atoms with E-state index >= 15 is 0 Å². The smallest absolute Gasteiger partial charge is 0.408 e. The number of halogens is 1. The summed E-state index contributed by atoms with van der Waals surface area (Å²) in [4.78, 5) is 54.4. The lowest BCUT2D eigenvalue weighted by molar-refractivity contribution is -0.135. The summed E-state index contributed by atoms with van der Waals surface area (Å²) >= 11 is 0. The fraction of sp³-hybridized carbons (Fsp3) is 0.429. The largest absolute Gasteiger partial charge is 0.419 e. The zero-order chi connectivity index (χ0) is 28.2. The number of carbonyl (C=O) groups excluding carboxylic acids is 3. The molecule has 11 nitrogen and oxygen atoms in total. The normalized spacial score (nSPS) is 22.1. The van der Waals surface area contributed by atoms with E-state index in [2.05, 4.69) is 20.7 Å². The van der Waals surface area contributed by atoms with Crippen LogP contribution < -0.4 is 16.4 Å². The summed E-state index contributed by atoms with van der Waals surface area (Å²) in [6.45, 7) is 2.20. The Balaban J connectivity index is 1.19. The minimum absolute atomic E-state index is 0.00466.